The highest BCUT2D eigenvalue weighted by molar-refractivity contribution is 7.89. The summed E-state index contributed by atoms with van der Waals surface area (Å²) < 4.78 is 31.7. The minimum absolute atomic E-state index is 0.114. The van der Waals surface area contributed by atoms with Gasteiger partial charge in [0.1, 0.15) is 10.6 Å². The van der Waals surface area contributed by atoms with E-state index in [1.807, 2.05) is 58.6 Å². The third-order valence-electron chi connectivity index (χ3n) is 6.57. The lowest BCUT2D eigenvalue weighted by Gasteiger charge is -2.18. The minimum Gasteiger partial charge on any atom is -0.268 e. The molecule has 1 N–H and O–H groups in total. The van der Waals surface area contributed by atoms with Gasteiger partial charge in [-0.05, 0) is 41.8 Å². The summed E-state index contributed by atoms with van der Waals surface area (Å²) in [6, 6.07) is 24.7. The zero-order valence-corrected chi connectivity index (χ0v) is 20.6. The molecule has 5 nitrogen and oxygen atoms in total. The molecular formula is C27H29N3O2S2. The summed E-state index contributed by atoms with van der Waals surface area (Å²) in [5, 5.41) is 6.70. The smallest absolute Gasteiger partial charge is 0.244 e. The van der Waals surface area contributed by atoms with E-state index >= 15 is 0 Å². The van der Waals surface area contributed by atoms with Gasteiger partial charge < -0.3 is 0 Å². The number of aromatic nitrogens is 2. The zero-order valence-electron chi connectivity index (χ0n) is 19.0. The Balaban J connectivity index is 1.38. The van der Waals surface area contributed by atoms with Gasteiger partial charge in [-0.25, -0.2) is 13.1 Å². The van der Waals surface area contributed by atoms with Gasteiger partial charge >= 0.3 is 0 Å². The van der Waals surface area contributed by atoms with E-state index in [0.717, 1.165) is 17.7 Å². The molecule has 7 heteroatoms. The molecule has 4 aromatic rings. The summed E-state index contributed by atoms with van der Waals surface area (Å²) in [7, 11) is -3.71. The lowest BCUT2D eigenvalue weighted by molar-refractivity contribution is 0.467. The summed E-state index contributed by atoms with van der Waals surface area (Å²) in [6.07, 6.45) is 6.83. The molecule has 2 aromatic heterocycles. The second-order valence-corrected chi connectivity index (χ2v) is 11.5. The van der Waals surface area contributed by atoms with Crippen LogP contribution in [0.3, 0.4) is 0 Å². The Morgan fingerprint density at radius 2 is 1.59 bits per heavy atom. The number of hydrogen-bond acceptors (Lipinski definition) is 4. The van der Waals surface area contributed by atoms with E-state index in [9.17, 15) is 8.42 Å². The number of hydrogen-bond donors (Lipinski definition) is 1. The van der Waals surface area contributed by atoms with Crippen LogP contribution in [0.25, 0.3) is 10.6 Å². The van der Waals surface area contributed by atoms with Gasteiger partial charge in [0.25, 0.3) is 0 Å². The van der Waals surface area contributed by atoms with Crippen LogP contribution in [0.5, 0.6) is 0 Å². The predicted octanol–water partition coefficient (Wildman–Crippen LogP) is 6.23. The molecule has 1 aliphatic carbocycles. The van der Waals surface area contributed by atoms with Crippen LogP contribution in [0, 0.1) is 0 Å². The van der Waals surface area contributed by atoms with Crippen LogP contribution in [0.2, 0.25) is 0 Å². The number of thiophene rings is 1. The molecule has 1 fully saturated rings. The first-order valence-corrected chi connectivity index (χ1v) is 14.2. The molecule has 2 heterocycles. The van der Waals surface area contributed by atoms with E-state index in [1.165, 1.54) is 35.3 Å². The van der Waals surface area contributed by atoms with Gasteiger partial charge in [-0.1, -0.05) is 79.6 Å². The average Bonchev–Trinajstić information content (AvgIpc) is 3.64. The average molecular weight is 492 g/mol. The van der Waals surface area contributed by atoms with Crippen molar-refractivity contribution in [2.24, 2.45) is 0 Å². The van der Waals surface area contributed by atoms with Crippen molar-refractivity contribution in [1.29, 1.82) is 0 Å². The number of nitrogens with one attached hydrogen (secondary N) is 1. The number of benzene rings is 2. The van der Waals surface area contributed by atoms with Crippen molar-refractivity contribution >= 4 is 21.4 Å². The first kappa shape index (κ1) is 23.0. The highest BCUT2D eigenvalue weighted by Gasteiger charge is 2.27. The molecule has 34 heavy (non-hydrogen) atoms. The van der Waals surface area contributed by atoms with Crippen LogP contribution in [0.4, 0.5) is 0 Å². The maximum atomic E-state index is 13.5. The molecule has 0 aliphatic heterocycles. The summed E-state index contributed by atoms with van der Waals surface area (Å²) in [5.41, 5.74) is 2.92. The quantitative estimate of drug-likeness (QED) is 0.302. The maximum absolute atomic E-state index is 13.5. The van der Waals surface area contributed by atoms with Crippen LogP contribution >= 0.6 is 11.3 Å². The normalized spacial score (nSPS) is 14.7. The van der Waals surface area contributed by atoms with Gasteiger partial charge in [0.2, 0.25) is 10.0 Å². The predicted molar refractivity (Wildman–Crippen MR) is 138 cm³/mol. The topological polar surface area (TPSA) is 64.0 Å². The van der Waals surface area contributed by atoms with Crippen molar-refractivity contribution in [2.75, 3.05) is 6.54 Å². The maximum Gasteiger partial charge on any atom is 0.244 e. The van der Waals surface area contributed by atoms with E-state index in [1.54, 1.807) is 6.20 Å². The molecule has 0 amide bonds. The Morgan fingerprint density at radius 1 is 0.941 bits per heavy atom. The van der Waals surface area contributed by atoms with Crippen molar-refractivity contribution in [1.82, 2.24) is 14.5 Å². The molecule has 1 saturated carbocycles. The molecule has 176 valence electrons. The van der Waals surface area contributed by atoms with Gasteiger partial charge in [-0.15, -0.1) is 11.3 Å². The molecule has 2 aromatic carbocycles. The molecule has 5 rings (SSSR count). The Kier molecular flexibility index (Phi) is 6.94. The molecule has 0 unspecified atom stereocenters. The highest BCUT2D eigenvalue weighted by Crippen LogP contribution is 2.35. The molecule has 0 spiro atoms. The van der Waals surface area contributed by atoms with Crippen molar-refractivity contribution in [3.8, 4) is 10.6 Å². The summed E-state index contributed by atoms with van der Waals surface area (Å²) in [4.78, 5) is 1.15. The molecule has 0 bridgehead atoms. The third-order valence-corrected chi connectivity index (χ3v) is 8.91. The van der Waals surface area contributed by atoms with Crippen LogP contribution in [-0.4, -0.2) is 24.7 Å². The third kappa shape index (κ3) is 5.02. The van der Waals surface area contributed by atoms with E-state index < -0.39 is 10.0 Å². The lowest BCUT2D eigenvalue weighted by atomic mass is 9.89. The minimum atomic E-state index is -3.71. The SMILES string of the molecule is O=S(=O)(NCCC(c1ccccc1)c1ccccc1)c1cn(C2CCCC2)nc1-c1cccs1. The Labute approximate surface area is 205 Å². The van der Waals surface area contributed by atoms with Crippen LogP contribution in [0.1, 0.15) is 55.2 Å². The fraction of sp³-hybridized carbons (Fsp3) is 0.296. The van der Waals surface area contributed by atoms with E-state index in [0.29, 0.717) is 18.7 Å². The van der Waals surface area contributed by atoms with Gasteiger partial charge in [0, 0.05) is 18.7 Å². The number of sulfonamides is 1. The van der Waals surface area contributed by atoms with Gasteiger partial charge in [0.15, 0.2) is 0 Å². The second kappa shape index (κ2) is 10.3. The fourth-order valence-electron chi connectivity index (χ4n) is 4.82. The standard InChI is InChI=1S/C27H29N3O2S2/c31-34(32,26-20-30(23-14-7-8-15-23)29-27(26)25-16-9-19-33-25)28-18-17-24(21-10-3-1-4-11-21)22-12-5-2-6-13-22/h1-6,9-13,16,19-20,23-24,28H,7-8,14-15,17-18H2. The number of nitrogens with zero attached hydrogens (tertiary/aromatic N) is 2. The molecule has 0 radical (unpaired) electrons. The van der Waals surface area contributed by atoms with Crippen LogP contribution in [0.15, 0.2) is 89.3 Å². The molecule has 1 aliphatic rings. The fourth-order valence-corrected chi connectivity index (χ4v) is 6.81. The zero-order chi connectivity index (χ0) is 23.4. The van der Waals surface area contributed by atoms with Crippen molar-refractivity contribution < 1.29 is 8.42 Å². The molecule has 0 saturated heterocycles. The second-order valence-electron chi connectivity index (χ2n) is 8.80. The largest absolute Gasteiger partial charge is 0.268 e. The highest BCUT2D eigenvalue weighted by atomic mass is 32.2. The van der Waals surface area contributed by atoms with Crippen LogP contribution in [-0.2, 0) is 10.0 Å². The monoisotopic (exact) mass is 491 g/mol. The summed E-state index contributed by atoms with van der Waals surface area (Å²) >= 11 is 1.52. The molecular weight excluding hydrogens is 462 g/mol. The van der Waals surface area contributed by atoms with Gasteiger partial charge in [-0.2, -0.15) is 5.10 Å². The van der Waals surface area contributed by atoms with Gasteiger partial charge in [0.05, 0.1) is 10.9 Å². The Hall–Kier alpha value is -2.74. The van der Waals surface area contributed by atoms with Gasteiger partial charge in [-0.3, -0.25) is 4.68 Å². The van der Waals surface area contributed by atoms with Crippen molar-refractivity contribution in [3.63, 3.8) is 0 Å². The molecule has 0 atom stereocenters. The summed E-state index contributed by atoms with van der Waals surface area (Å²) in [6.45, 7) is 0.343. The Morgan fingerprint density at radius 3 is 2.18 bits per heavy atom. The first-order chi connectivity index (χ1) is 16.6. The van der Waals surface area contributed by atoms with E-state index in [2.05, 4.69) is 29.0 Å². The summed E-state index contributed by atoms with van der Waals surface area (Å²) in [5.74, 6) is 0.114. The Bertz CT molecular complexity index is 1260. The van der Waals surface area contributed by atoms with E-state index in [-0.39, 0.29) is 16.9 Å². The lowest BCUT2D eigenvalue weighted by Crippen LogP contribution is -2.26. The first-order valence-electron chi connectivity index (χ1n) is 11.8. The number of rotatable bonds is 9. The van der Waals surface area contributed by atoms with Crippen molar-refractivity contribution in [3.05, 3.63) is 95.5 Å². The van der Waals surface area contributed by atoms with Crippen molar-refractivity contribution in [2.45, 2.75) is 49.0 Å². The van der Waals surface area contributed by atoms with E-state index in [4.69, 9.17) is 5.10 Å². The van der Waals surface area contributed by atoms with Crippen LogP contribution < -0.4 is 4.72 Å².